The highest BCUT2D eigenvalue weighted by molar-refractivity contribution is 7.89. The number of ether oxygens (including phenoxy) is 1. The SMILES string of the molecule is CCOc1ccc(NC(=O)CN(C)S(=O)(=O)c2ccc(-c3cc(C)no3)cc2)cc1. The molecule has 3 rings (SSSR count). The van der Waals surface area contributed by atoms with Gasteiger partial charge in [-0.3, -0.25) is 4.79 Å². The average Bonchev–Trinajstić information content (AvgIpc) is 3.16. The lowest BCUT2D eigenvalue weighted by atomic mass is 10.2. The first-order chi connectivity index (χ1) is 14.3. The molecular weight excluding hydrogens is 406 g/mol. The lowest BCUT2D eigenvalue weighted by Crippen LogP contribution is -2.34. The van der Waals surface area contributed by atoms with Gasteiger partial charge in [0.15, 0.2) is 5.76 Å². The van der Waals surface area contributed by atoms with Gasteiger partial charge >= 0.3 is 0 Å². The Balaban J connectivity index is 1.64. The summed E-state index contributed by atoms with van der Waals surface area (Å²) < 4.78 is 37.1. The molecule has 0 bridgehead atoms. The highest BCUT2D eigenvalue weighted by Crippen LogP contribution is 2.23. The quantitative estimate of drug-likeness (QED) is 0.589. The number of hydrogen-bond donors (Lipinski definition) is 1. The molecule has 1 aromatic heterocycles. The van der Waals surface area contributed by atoms with Crippen LogP contribution in [0.1, 0.15) is 12.6 Å². The minimum Gasteiger partial charge on any atom is -0.494 e. The van der Waals surface area contributed by atoms with Crippen molar-refractivity contribution in [3.8, 4) is 17.1 Å². The number of nitrogens with one attached hydrogen (secondary N) is 1. The Hall–Kier alpha value is -3.17. The van der Waals surface area contributed by atoms with Crippen LogP contribution < -0.4 is 10.1 Å². The van der Waals surface area contributed by atoms with Gasteiger partial charge in [0.25, 0.3) is 0 Å². The van der Waals surface area contributed by atoms with E-state index in [1.165, 1.54) is 19.2 Å². The molecular formula is C21H23N3O5S. The van der Waals surface area contributed by atoms with Gasteiger partial charge in [0.2, 0.25) is 15.9 Å². The van der Waals surface area contributed by atoms with Crippen molar-refractivity contribution in [1.82, 2.24) is 9.46 Å². The van der Waals surface area contributed by atoms with Crippen molar-refractivity contribution < 1.29 is 22.5 Å². The summed E-state index contributed by atoms with van der Waals surface area (Å²) in [6, 6.07) is 14.9. The van der Waals surface area contributed by atoms with Crippen molar-refractivity contribution >= 4 is 21.6 Å². The summed E-state index contributed by atoms with van der Waals surface area (Å²) in [5.41, 5.74) is 2.01. The maximum atomic E-state index is 12.8. The number of amides is 1. The zero-order valence-electron chi connectivity index (χ0n) is 17.0. The smallest absolute Gasteiger partial charge is 0.243 e. The number of anilines is 1. The number of sulfonamides is 1. The van der Waals surface area contributed by atoms with Crippen LogP contribution in [-0.4, -0.2) is 44.0 Å². The van der Waals surface area contributed by atoms with Crippen molar-refractivity contribution in [2.24, 2.45) is 0 Å². The van der Waals surface area contributed by atoms with Gasteiger partial charge in [0, 0.05) is 24.4 Å². The van der Waals surface area contributed by atoms with E-state index in [0.717, 1.165) is 10.00 Å². The summed E-state index contributed by atoms with van der Waals surface area (Å²) in [5, 5.41) is 6.50. The number of carbonyl (C=O) groups excluding carboxylic acids is 1. The molecule has 158 valence electrons. The fourth-order valence-electron chi connectivity index (χ4n) is 2.76. The third-order valence-electron chi connectivity index (χ3n) is 4.29. The zero-order chi connectivity index (χ0) is 21.7. The Kier molecular flexibility index (Phi) is 6.53. The molecule has 0 saturated heterocycles. The second-order valence-electron chi connectivity index (χ2n) is 6.62. The largest absolute Gasteiger partial charge is 0.494 e. The van der Waals surface area contributed by atoms with Crippen LogP contribution >= 0.6 is 0 Å². The predicted molar refractivity (Wildman–Crippen MR) is 113 cm³/mol. The van der Waals surface area contributed by atoms with E-state index in [9.17, 15) is 13.2 Å². The van der Waals surface area contributed by atoms with Crippen LogP contribution in [0.4, 0.5) is 5.69 Å². The number of likely N-dealkylation sites (N-methyl/N-ethyl adjacent to an activating group) is 1. The van der Waals surface area contributed by atoms with Crippen molar-refractivity contribution in [2.45, 2.75) is 18.7 Å². The van der Waals surface area contributed by atoms with Gasteiger partial charge in [-0.05, 0) is 62.4 Å². The van der Waals surface area contributed by atoms with E-state index in [1.54, 1.807) is 49.4 Å². The molecule has 3 aromatic rings. The highest BCUT2D eigenvalue weighted by Gasteiger charge is 2.23. The van der Waals surface area contributed by atoms with E-state index in [2.05, 4.69) is 10.5 Å². The lowest BCUT2D eigenvalue weighted by Gasteiger charge is -2.17. The van der Waals surface area contributed by atoms with Crippen molar-refractivity contribution in [3.05, 3.63) is 60.3 Å². The monoisotopic (exact) mass is 429 g/mol. The number of nitrogens with zero attached hydrogens (tertiary/aromatic N) is 2. The van der Waals surface area contributed by atoms with E-state index in [1.807, 2.05) is 6.92 Å². The van der Waals surface area contributed by atoms with Crippen LogP contribution in [-0.2, 0) is 14.8 Å². The number of rotatable bonds is 8. The van der Waals surface area contributed by atoms with Crippen LogP contribution in [0.15, 0.2) is 64.0 Å². The first-order valence-electron chi connectivity index (χ1n) is 9.32. The van der Waals surface area contributed by atoms with Gasteiger partial charge in [0.1, 0.15) is 5.75 Å². The van der Waals surface area contributed by atoms with Crippen molar-refractivity contribution in [2.75, 3.05) is 25.5 Å². The molecule has 0 atom stereocenters. The van der Waals surface area contributed by atoms with Gasteiger partial charge in [-0.1, -0.05) is 5.16 Å². The van der Waals surface area contributed by atoms with E-state index in [0.29, 0.717) is 29.4 Å². The molecule has 0 saturated carbocycles. The molecule has 0 spiro atoms. The van der Waals surface area contributed by atoms with Gasteiger partial charge in [-0.2, -0.15) is 4.31 Å². The number of aromatic nitrogens is 1. The third kappa shape index (κ3) is 5.05. The molecule has 0 radical (unpaired) electrons. The number of carbonyl (C=O) groups is 1. The summed E-state index contributed by atoms with van der Waals surface area (Å²) in [6.07, 6.45) is 0. The molecule has 0 aliphatic heterocycles. The summed E-state index contributed by atoms with van der Waals surface area (Å²) in [7, 11) is -2.47. The number of aryl methyl sites for hydroxylation is 1. The van der Waals surface area contributed by atoms with Crippen LogP contribution in [0.25, 0.3) is 11.3 Å². The molecule has 8 nitrogen and oxygen atoms in total. The standard InChI is InChI=1S/C21H23N3O5S/c1-4-28-18-9-7-17(8-10-18)22-21(25)14-24(3)30(26,27)19-11-5-16(6-12-19)20-13-15(2)23-29-20/h5-13H,4,14H2,1-3H3,(H,22,25). The van der Waals surface area contributed by atoms with Gasteiger partial charge < -0.3 is 14.6 Å². The van der Waals surface area contributed by atoms with Crippen LogP contribution in [0.3, 0.4) is 0 Å². The van der Waals surface area contributed by atoms with E-state index in [4.69, 9.17) is 9.26 Å². The molecule has 1 heterocycles. The van der Waals surface area contributed by atoms with Gasteiger partial charge in [-0.25, -0.2) is 8.42 Å². The number of benzene rings is 2. The second-order valence-corrected chi connectivity index (χ2v) is 8.67. The van der Waals surface area contributed by atoms with E-state index < -0.39 is 15.9 Å². The molecule has 0 unspecified atom stereocenters. The molecule has 1 amide bonds. The fraction of sp³-hybridized carbons (Fsp3) is 0.238. The summed E-state index contributed by atoms with van der Waals surface area (Å²) in [4.78, 5) is 12.4. The molecule has 30 heavy (non-hydrogen) atoms. The molecule has 1 N–H and O–H groups in total. The minimum absolute atomic E-state index is 0.0823. The maximum absolute atomic E-state index is 12.8. The summed E-state index contributed by atoms with van der Waals surface area (Å²) >= 11 is 0. The molecule has 0 aliphatic rings. The van der Waals surface area contributed by atoms with Crippen molar-refractivity contribution in [3.63, 3.8) is 0 Å². The predicted octanol–water partition coefficient (Wildman–Crippen LogP) is 3.31. The lowest BCUT2D eigenvalue weighted by molar-refractivity contribution is -0.116. The van der Waals surface area contributed by atoms with Crippen LogP contribution in [0.2, 0.25) is 0 Å². The Morgan fingerprint density at radius 2 is 1.80 bits per heavy atom. The normalized spacial score (nSPS) is 11.5. The number of hydrogen-bond acceptors (Lipinski definition) is 6. The Bertz CT molecular complexity index is 1110. The Labute approximate surface area is 175 Å². The van der Waals surface area contributed by atoms with E-state index in [-0.39, 0.29) is 11.4 Å². The van der Waals surface area contributed by atoms with Crippen LogP contribution in [0, 0.1) is 6.92 Å². The maximum Gasteiger partial charge on any atom is 0.243 e. The topological polar surface area (TPSA) is 102 Å². The molecule has 2 aromatic carbocycles. The Morgan fingerprint density at radius 1 is 1.13 bits per heavy atom. The van der Waals surface area contributed by atoms with Crippen LogP contribution in [0.5, 0.6) is 5.75 Å². The average molecular weight is 429 g/mol. The second kappa shape index (κ2) is 9.10. The van der Waals surface area contributed by atoms with E-state index >= 15 is 0 Å². The molecule has 0 fully saturated rings. The summed E-state index contributed by atoms with van der Waals surface area (Å²) in [5.74, 6) is 0.803. The molecule has 9 heteroatoms. The first kappa shape index (κ1) is 21.5. The highest BCUT2D eigenvalue weighted by atomic mass is 32.2. The molecule has 0 aliphatic carbocycles. The third-order valence-corrected chi connectivity index (χ3v) is 6.11. The zero-order valence-corrected chi connectivity index (χ0v) is 17.8. The Morgan fingerprint density at radius 3 is 2.37 bits per heavy atom. The van der Waals surface area contributed by atoms with Crippen molar-refractivity contribution in [1.29, 1.82) is 0 Å². The minimum atomic E-state index is -3.83. The fourth-order valence-corrected chi connectivity index (χ4v) is 3.89. The van der Waals surface area contributed by atoms with Gasteiger partial charge in [-0.15, -0.1) is 0 Å². The first-order valence-corrected chi connectivity index (χ1v) is 10.8. The van der Waals surface area contributed by atoms with Gasteiger partial charge in [0.05, 0.1) is 23.7 Å². The summed E-state index contributed by atoms with van der Waals surface area (Å²) in [6.45, 7) is 3.92.